The molecule has 1 aliphatic heterocycles. The third-order valence-electron chi connectivity index (χ3n) is 8.17. The van der Waals surface area contributed by atoms with Crippen LogP contribution in [0.5, 0.6) is 5.75 Å². The number of nitrogens with zero attached hydrogens (tertiary/aromatic N) is 3. The Balaban J connectivity index is 1.81. The summed E-state index contributed by atoms with van der Waals surface area (Å²) in [6.45, 7) is 13.8. The molecule has 0 bridgehead atoms. The third-order valence-corrected chi connectivity index (χ3v) is 8.17. The highest BCUT2D eigenvalue weighted by molar-refractivity contribution is 5.86. The molecular formula is C33H47F2N3O4. The van der Waals surface area contributed by atoms with Gasteiger partial charge in [-0.1, -0.05) is 26.2 Å². The quantitative estimate of drug-likeness (QED) is 0.264. The number of halogens is 2. The minimum Gasteiger partial charge on any atom is -0.486 e. The van der Waals surface area contributed by atoms with E-state index in [1.807, 2.05) is 41.5 Å². The summed E-state index contributed by atoms with van der Waals surface area (Å²) in [7, 11) is 0. The van der Waals surface area contributed by atoms with E-state index in [1.165, 1.54) is 38.8 Å². The van der Waals surface area contributed by atoms with Gasteiger partial charge in [0.05, 0.1) is 29.3 Å². The van der Waals surface area contributed by atoms with Crippen molar-refractivity contribution in [2.24, 2.45) is 11.8 Å². The van der Waals surface area contributed by atoms with Gasteiger partial charge in [0.25, 0.3) is 5.92 Å². The molecule has 2 aromatic rings. The van der Waals surface area contributed by atoms with Gasteiger partial charge in [-0.15, -0.1) is 0 Å². The van der Waals surface area contributed by atoms with E-state index in [2.05, 4.69) is 9.88 Å². The number of anilines is 1. The number of fused-ring (bicyclic) bond motifs is 1. The maximum absolute atomic E-state index is 13.8. The van der Waals surface area contributed by atoms with Gasteiger partial charge in [0.2, 0.25) is 0 Å². The van der Waals surface area contributed by atoms with Crippen LogP contribution in [0.2, 0.25) is 0 Å². The summed E-state index contributed by atoms with van der Waals surface area (Å²) in [4.78, 5) is 25.3. The lowest BCUT2D eigenvalue weighted by atomic mass is 9.75. The summed E-state index contributed by atoms with van der Waals surface area (Å²) in [5, 5.41) is 0. The lowest BCUT2D eigenvalue weighted by molar-refractivity contribution is -0.171. The van der Waals surface area contributed by atoms with E-state index >= 15 is 0 Å². The molecule has 2 fully saturated rings. The van der Waals surface area contributed by atoms with Gasteiger partial charge in [-0.25, -0.2) is 13.6 Å². The summed E-state index contributed by atoms with van der Waals surface area (Å²) >= 11 is 0. The van der Waals surface area contributed by atoms with Crippen LogP contribution in [0.25, 0.3) is 11.3 Å². The van der Waals surface area contributed by atoms with Gasteiger partial charge < -0.3 is 19.1 Å². The van der Waals surface area contributed by atoms with Gasteiger partial charge in [-0.05, 0) is 78.4 Å². The number of alkyl halides is 2. The first kappa shape index (κ1) is 32.1. The zero-order valence-corrected chi connectivity index (χ0v) is 26.2. The Kier molecular flexibility index (Phi) is 10.1. The average Bonchev–Trinajstić information content (AvgIpc) is 2.94. The first-order valence-corrected chi connectivity index (χ1v) is 15.4. The van der Waals surface area contributed by atoms with Gasteiger partial charge in [0, 0.05) is 42.5 Å². The fourth-order valence-corrected chi connectivity index (χ4v) is 6.04. The number of carbonyl (C=O) groups excluding carboxylic acids is 1. The topological polar surface area (TPSA) is 73.8 Å². The average molecular weight is 588 g/mol. The molecule has 1 saturated carbocycles. The molecule has 0 spiro atoms. The van der Waals surface area contributed by atoms with E-state index in [1.54, 1.807) is 18.3 Å². The molecule has 0 aromatic carbocycles. The highest BCUT2D eigenvalue weighted by Gasteiger charge is 2.38. The van der Waals surface area contributed by atoms with Gasteiger partial charge in [-0.2, -0.15) is 0 Å². The number of hydrogen-bond acceptors (Lipinski definition) is 7. The van der Waals surface area contributed by atoms with Gasteiger partial charge in [0.1, 0.15) is 5.75 Å². The zero-order chi connectivity index (χ0) is 30.7. The third kappa shape index (κ3) is 7.97. The van der Waals surface area contributed by atoms with Crippen molar-refractivity contribution >= 4 is 11.7 Å². The number of pyridine rings is 2. The van der Waals surface area contributed by atoms with Crippen molar-refractivity contribution in [1.82, 2.24) is 9.97 Å². The molecule has 1 saturated heterocycles. The van der Waals surface area contributed by atoms with E-state index < -0.39 is 30.2 Å². The Morgan fingerprint density at radius 1 is 1.07 bits per heavy atom. The lowest BCUT2D eigenvalue weighted by Crippen LogP contribution is -2.43. The minimum atomic E-state index is -2.90. The molecule has 42 heavy (non-hydrogen) atoms. The van der Waals surface area contributed by atoms with E-state index in [0.29, 0.717) is 28.8 Å². The number of piperidine rings is 1. The maximum Gasteiger partial charge on any atom is 0.340 e. The molecule has 2 aromatic heterocycles. The maximum atomic E-state index is 13.8. The smallest absolute Gasteiger partial charge is 0.340 e. The van der Waals surface area contributed by atoms with Crippen LogP contribution >= 0.6 is 0 Å². The molecular weight excluding hydrogens is 540 g/mol. The number of aromatic nitrogens is 2. The van der Waals surface area contributed by atoms with E-state index in [0.717, 1.165) is 30.8 Å². The standard InChI is InChI=1S/C33H47F2N3O4/c1-8-33(34,35)20-40-25-13-14-27(37-17-25)26-18-36-22(4)28(30(42-32(5,6)7)31(39)41-21(2)3)29(26)38-16-15-23-11-9-10-12-24(23)19-38/h13-14,17-18,21,23-24,30H,8-12,15-16,19-20H2,1-7H3/t23?,24?,30-/m0/s1. The Bertz CT molecular complexity index is 1210. The van der Waals surface area contributed by atoms with Crippen LogP contribution in [0.4, 0.5) is 14.5 Å². The second-order valence-corrected chi connectivity index (χ2v) is 13.0. The number of esters is 1. The van der Waals surface area contributed by atoms with Crippen molar-refractivity contribution in [3.63, 3.8) is 0 Å². The number of aryl methyl sites for hydroxylation is 1. The molecule has 0 N–H and O–H groups in total. The number of carbonyl (C=O) groups is 1. The van der Waals surface area contributed by atoms with Crippen molar-refractivity contribution < 1.29 is 27.8 Å². The first-order valence-electron chi connectivity index (χ1n) is 15.4. The normalized spacial score (nSPS) is 20.3. The minimum absolute atomic E-state index is 0.270. The number of hydrogen-bond donors (Lipinski definition) is 0. The van der Waals surface area contributed by atoms with Gasteiger partial charge in [0.15, 0.2) is 12.7 Å². The second kappa shape index (κ2) is 13.2. The second-order valence-electron chi connectivity index (χ2n) is 13.0. The monoisotopic (exact) mass is 587 g/mol. The van der Waals surface area contributed by atoms with Crippen molar-refractivity contribution in [2.75, 3.05) is 24.6 Å². The largest absolute Gasteiger partial charge is 0.486 e. The van der Waals surface area contributed by atoms with Crippen molar-refractivity contribution in [3.8, 4) is 17.0 Å². The van der Waals surface area contributed by atoms with Crippen LogP contribution in [0, 0.1) is 18.8 Å². The predicted molar refractivity (Wildman–Crippen MR) is 160 cm³/mol. The molecule has 1 aliphatic carbocycles. The predicted octanol–water partition coefficient (Wildman–Crippen LogP) is 7.70. The Hall–Kier alpha value is -2.81. The SMILES string of the molecule is CCC(F)(F)COc1ccc(-c2cnc(C)c([C@H](OC(C)(C)C)C(=O)OC(C)C)c2N2CCC3CCCCC3C2)nc1. The van der Waals surface area contributed by atoms with E-state index in [4.69, 9.17) is 19.2 Å². The molecule has 7 nitrogen and oxygen atoms in total. The summed E-state index contributed by atoms with van der Waals surface area (Å²) < 4.78 is 45.0. The Morgan fingerprint density at radius 3 is 2.40 bits per heavy atom. The Morgan fingerprint density at radius 2 is 1.79 bits per heavy atom. The fraction of sp³-hybridized carbons (Fsp3) is 0.667. The van der Waals surface area contributed by atoms with Crippen LogP contribution in [-0.4, -0.2) is 53.3 Å². The molecule has 0 amide bonds. The lowest BCUT2D eigenvalue weighted by Gasteiger charge is -2.44. The van der Waals surface area contributed by atoms with Crippen LogP contribution in [-0.2, 0) is 14.3 Å². The van der Waals surface area contributed by atoms with Gasteiger partial charge in [-0.3, -0.25) is 9.97 Å². The summed E-state index contributed by atoms with van der Waals surface area (Å²) in [6, 6.07) is 3.42. The van der Waals surface area contributed by atoms with Crippen molar-refractivity contribution in [2.45, 2.75) is 111 Å². The van der Waals surface area contributed by atoms with E-state index in [-0.39, 0.29) is 18.3 Å². The molecule has 3 atom stereocenters. The molecule has 0 radical (unpaired) electrons. The van der Waals surface area contributed by atoms with Gasteiger partial charge >= 0.3 is 5.97 Å². The van der Waals surface area contributed by atoms with Crippen LogP contribution in [0.1, 0.15) is 97.4 Å². The van der Waals surface area contributed by atoms with Crippen molar-refractivity contribution in [1.29, 1.82) is 0 Å². The molecule has 3 heterocycles. The fourth-order valence-electron chi connectivity index (χ4n) is 6.04. The first-order chi connectivity index (χ1) is 19.8. The molecule has 2 unspecified atom stereocenters. The Labute approximate surface area is 249 Å². The summed E-state index contributed by atoms with van der Waals surface area (Å²) in [5.74, 6) is -1.79. The molecule has 2 aliphatic rings. The highest BCUT2D eigenvalue weighted by Crippen LogP contribution is 2.45. The number of rotatable bonds is 10. The van der Waals surface area contributed by atoms with Crippen LogP contribution in [0.15, 0.2) is 24.5 Å². The van der Waals surface area contributed by atoms with E-state index in [9.17, 15) is 13.6 Å². The van der Waals surface area contributed by atoms with Crippen molar-refractivity contribution in [3.05, 3.63) is 35.8 Å². The summed E-state index contributed by atoms with van der Waals surface area (Å²) in [6.07, 6.45) is 7.73. The highest BCUT2D eigenvalue weighted by atomic mass is 19.3. The number of ether oxygens (including phenoxy) is 3. The zero-order valence-electron chi connectivity index (χ0n) is 26.2. The van der Waals surface area contributed by atoms with Crippen LogP contribution in [0.3, 0.4) is 0 Å². The van der Waals surface area contributed by atoms with Crippen LogP contribution < -0.4 is 9.64 Å². The molecule has 4 rings (SSSR count). The molecule has 9 heteroatoms. The molecule has 232 valence electrons. The summed E-state index contributed by atoms with van der Waals surface area (Å²) in [5.41, 5.74) is 3.00.